The Morgan fingerprint density at radius 2 is 1.90 bits per heavy atom. The molecule has 1 fully saturated rings. The minimum absolute atomic E-state index is 0.0851. The number of H-pyrrole nitrogens is 1. The molecule has 0 unspecified atom stereocenters. The smallest absolute Gasteiger partial charge is 0.283 e. The molecule has 0 atom stereocenters. The summed E-state index contributed by atoms with van der Waals surface area (Å²) in [7, 11) is 1.90. The third-order valence-corrected chi connectivity index (χ3v) is 6.81. The van der Waals surface area contributed by atoms with E-state index in [0.717, 1.165) is 29.8 Å². The van der Waals surface area contributed by atoms with Gasteiger partial charge in [-0.05, 0) is 44.9 Å². The van der Waals surface area contributed by atoms with Crippen molar-refractivity contribution in [1.29, 1.82) is 0 Å². The number of rotatable bonds is 5. The average molecular weight is 425 g/mol. The largest absolute Gasteiger partial charge is 0.353 e. The minimum atomic E-state index is -0.146. The first-order valence-corrected chi connectivity index (χ1v) is 11.5. The molecule has 2 aromatic heterocycles. The SMILES string of the molecule is Cc1ccc(-n2c(SCC(=O)N(C)C3CCCCC3)nc3cc(C)[nH]c3c2=O)cc1. The predicted octanol–water partition coefficient (Wildman–Crippen LogP) is 4.21. The molecule has 6 nitrogen and oxygen atoms in total. The van der Waals surface area contributed by atoms with Crippen LogP contribution in [0.4, 0.5) is 0 Å². The van der Waals surface area contributed by atoms with Crippen molar-refractivity contribution in [2.24, 2.45) is 0 Å². The maximum Gasteiger partial charge on any atom is 0.283 e. The second-order valence-corrected chi connectivity index (χ2v) is 9.11. The van der Waals surface area contributed by atoms with Gasteiger partial charge in [0.2, 0.25) is 5.91 Å². The summed E-state index contributed by atoms with van der Waals surface area (Å²) in [5, 5.41) is 0.542. The van der Waals surface area contributed by atoms with Gasteiger partial charge in [-0.25, -0.2) is 4.98 Å². The molecule has 0 radical (unpaired) electrons. The van der Waals surface area contributed by atoms with Crippen molar-refractivity contribution in [3.05, 3.63) is 51.9 Å². The van der Waals surface area contributed by atoms with Crippen LogP contribution in [0.5, 0.6) is 0 Å². The van der Waals surface area contributed by atoms with Crippen LogP contribution >= 0.6 is 11.8 Å². The van der Waals surface area contributed by atoms with Gasteiger partial charge >= 0.3 is 0 Å². The molecule has 2 heterocycles. The van der Waals surface area contributed by atoms with Gasteiger partial charge in [0.25, 0.3) is 5.56 Å². The van der Waals surface area contributed by atoms with Gasteiger partial charge in [-0.1, -0.05) is 48.7 Å². The molecule has 4 rings (SSSR count). The van der Waals surface area contributed by atoms with Crippen LogP contribution in [0.1, 0.15) is 43.4 Å². The number of nitrogens with one attached hydrogen (secondary N) is 1. The van der Waals surface area contributed by atoms with Gasteiger partial charge < -0.3 is 9.88 Å². The van der Waals surface area contributed by atoms with Gasteiger partial charge in [0.15, 0.2) is 5.16 Å². The van der Waals surface area contributed by atoms with Crippen molar-refractivity contribution in [3.63, 3.8) is 0 Å². The molecule has 1 aliphatic carbocycles. The van der Waals surface area contributed by atoms with Gasteiger partial charge in [-0.3, -0.25) is 14.2 Å². The molecule has 1 saturated carbocycles. The Morgan fingerprint density at radius 3 is 2.60 bits per heavy atom. The predicted molar refractivity (Wildman–Crippen MR) is 122 cm³/mol. The summed E-state index contributed by atoms with van der Waals surface area (Å²) in [6.45, 7) is 3.92. The second kappa shape index (κ2) is 8.68. The van der Waals surface area contributed by atoms with Crippen LogP contribution in [0.2, 0.25) is 0 Å². The maximum atomic E-state index is 13.3. The Bertz CT molecular complexity index is 1110. The van der Waals surface area contributed by atoms with Gasteiger partial charge in [0.05, 0.1) is 17.0 Å². The molecule has 0 bridgehead atoms. The second-order valence-electron chi connectivity index (χ2n) is 8.17. The van der Waals surface area contributed by atoms with E-state index < -0.39 is 0 Å². The number of carbonyl (C=O) groups excluding carboxylic acids is 1. The molecule has 7 heteroatoms. The highest BCUT2D eigenvalue weighted by Crippen LogP contribution is 2.25. The van der Waals surface area contributed by atoms with E-state index in [9.17, 15) is 9.59 Å². The number of aromatic nitrogens is 3. The first-order chi connectivity index (χ1) is 14.4. The molecule has 1 aliphatic rings. The molecule has 1 aromatic carbocycles. The van der Waals surface area contributed by atoms with Crippen LogP contribution in [0.3, 0.4) is 0 Å². The third kappa shape index (κ3) is 4.17. The van der Waals surface area contributed by atoms with Crippen LogP contribution in [0.25, 0.3) is 16.7 Å². The Labute approximate surface area is 180 Å². The normalized spacial score (nSPS) is 14.9. The summed E-state index contributed by atoms with van der Waals surface area (Å²) in [6, 6.07) is 9.98. The third-order valence-electron chi connectivity index (χ3n) is 5.89. The van der Waals surface area contributed by atoms with Gasteiger partial charge in [0.1, 0.15) is 5.52 Å². The van der Waals surface area contributed by atoms with Crippen molar-refractivity contribution in [2.75, 3.05) is 12.8 Å². The molecule has 0 spiro atoms. The van der Waals surface area contributed by atoms with Crippen LogP contribution in [-0.4, -0.2) is 44.2 Å². The fraction of sp³-hybridized carbons (Fsp3) is 0.435. The lowest BCUT2D eigenvalue weighted by Gasteiger charge is -2.31. The highest BCUT2D eigenvalue weighted by molar-refractivity contribution is 7.99. The number of hydrogen-bond acceptors (Lipinski definition) is 4. The standard InChI is InChI=1S/C23H28N4O2S/c1-15-9-11-18(12-10-15)27-22(29)21-19(13-16(2)24-21)25-23(27)30-14-20(28)26(3)17-7-5-4-6-8-17/h9-13,17,24H,4-8,14H2,1-3H3. The Balaban J connectivity index is 1.65. The van der Waals surface area contributed by atoms with Crippen molar-refractivity contribution >= 4 is 28.7 Å². The first kappa shape index (κ1) is 20.7. The Kier molecular flexibility index (Phi) is 5.99. The monoisotopic (exact) mass is 424 g/mol. The van der Waals surface area contributed by atoms with E-state index in [1.54, 1.807) is 4.57 Å². The van der Waals surface area contributed by atoms with Gasteiger partial charge in [-0.2, -0.15) is 0 Å². The van der Waals surface area contributed by atoms with E-state index in [1.807, 2.05) is 56.1 Å². The zero-order valence-electron chi connectivity index (χ0n) is 17.8. The maximum absolute atomic E-state index is 13.3. The van der Waals surface area contributed by atoms with Gasteiger partial charge in [-0.15, -0.1) is 0 Å². The summed E-state index contributed by atoms with van der Waals surface area (Å²) in [5.41, 5.74) is 3.74. The number of aryl methyl sites for hydroxylation is 2. The topological polar surface area (TPSA) is 71.0 Å². The summed E-state index contributed by atoms with van der Waals surface area (Å²) in [6.07, 6.45) is 5.79. The lowest BCUT2D eigenvalue weighted by atomic mass is 9.94. The average Bonchev–Trinajstić information content (AvgIpc) is 3.13. The summed E-state index contributed by atoms with van der Waals surface area (Å²) < 4.78 is 1.61. The number of benzene rings is 1. The van der Waals surface area contributed by atoms with Crippen LogP contribution < -0.4 is 5.56 Å². The van der Waals surface area contributed by atoms with E-state index in [1.165, 1.54) is 31.0 Å². The fourth-order valence-corrected chi connectivity index (χ4v) is 5.03. The molecular formula is C23H28N4O2S. The van der Waals surface area contributed by atoms with Crippen molar-refractivity contribution in [3.8, 4) is 5.69 Å². The molecule has 158 valence electrons. The number of thioether (sulfide) groups is 1. The highest BCUT2D eigenvalue weighted by Gasteiger charge is 2.23. The molecule has 0 saturated heterocycles. The van der Waals surface area contributed by atoms with Crippen LogP contribution in [-0.2, 0) is 4.79 Å². The first-order valence-electron chi connectivity index (χ1n) is 10.5. The zero-order chi connectivity index (χ0) is 21.3. The van der Waals surface area contributed by atoms with E-state index in [-0.39, 0.29) is 17.2 Å². The lowest BCUT2D eigenvalue weighted by molar-refractivity contribution is -0.129. The van der Waals surface area contributed by atoms with E-state index in [0.29, 0.717) is 22.2 Å². The quantitative estimate of drug-likeness (QED) is 0.492. The number of fused-ring (bicyclic) bond motifs is 1. The van der Waals surface area contributed by atoms with E-state index >= 15 is 0 Å². The summed E-state index contributed by atoms with van der Waals surface area (Å²) >= 11 is 1.33. The number of amides is 1. The Morgan fingerprint density at radius 1 is 1.20 bits per heavy atom. The summed E-state index contributed by atoms with van der Waals surface area (Å²) in [5.74, 6) is 0.349. The zero-order valence-corrected chi connectivity index (χ0v) is 18.6. The number of hydrogen-bond donors (Lipinski definition) is 1. The van der Waals surface area contributed by atoms with Crippen molar-refractivity contribution < 1.29 is 4.79 Å². The molecule has 1 amide bonds. The molecular weight excluding hydrogens is 396 g/mol. The Hall–Kier alpha value is -2.54. The fourth-order valence-electron chi connectivity index (χ4n) is 4.10. The van der Waals surface area contributed by atoms with E-state index in [2.05, 4.69) is 4.98 Å². The number of nitrogens with zero attached hydrogens (tertiary/aromatic N) is 3. The molecule has 1 N–H and O–H groups in total. The van der Waals surface area contributed by atoms with E-state index in [4.69, 9.17) is 4.98 Å². The summed E-state index contributed by atoms with van der Waals surface area (Å²) in [4.78, 5) is 35.8. The molecule has 3 aromatic rings. The number of carbonyl (C=O) groups is 1. The van der Waals surface area contributed by atoms with Gasteiger partial charge in [0, 0.05) is 18.8 Å². The highest BCUT2D eigenvalue weighted by atomic mass is 32.2. The number of aromatic amines is 1. The molecule has 0 aliphatic heterocycles. The van der Waals surface area contributed by atoms with Crippen molar-refractivity contribution in [1.82, 2.24) is 19.4 Å². The van der Waals surface area contributed by atoms with Crippen LogP contribution in [0.15, 0.2) is 40.3 Å². The van der Waals surface area contributed by atoms with Crippen LogP contribution in [0, 0.1) is 13.8 Å². The lowest BCUT2D eigenvalue weighted by Crippen LogP contribution is -2.39. The molecule has 30 heavy (non-hydrogen) atoms. The van der Waals surface area contributed by atoms with Crippen molar-refractivity contribution in [2.45, 2.75) is 57.1 Å². The minimum Gasteiger partial charge on any atom is -0.353 e.